The summed E-state index contributed by atoms with van der Waals surface area (Å²) in [5, 5.41) is 10.4. The zero-order valence-electron chi connectivity index (χ0n) is 17.4. The number of aliphatic hydroxyl groups excluding tert-OH is 1. The number of hydrogen-bond acceptors (Lipinski definition) is 4. The van der Waals surface area contributed by atoms with Crippen LogP contribution in [0.1, 0.15) is 49.1 Å². The predicted molar refractivity (Wildman–Crippen MR) is 124 cm³/mol. The van der Waals surface area contributed by atoms with Crippen molar-refractivity contribution in [3.05, 3.63) is 64.7 Å². The number of rotatable bonds is 7. The highest BCUT2D eigenvalue weighted by Gasteiger charge is 2.27. The first-order chi connectivity index (χ1) is 12.6. The van der Waals surface area contributed by atoms with Gasteiger partial charge in [0.25, 0.3) is 0 Å². The lowest BCUT2D eigenvalue weighted by Crippen LogP contribution is -2.36. The molecular formula is C23H30O3S2. The Balaban J connectivity index is 0.00000392. The summed E-state index contributed by atoms with van der Waals surface area (Å²) in [6, 6.07) is 11.9. The molecule has 0 saturated carbocycles. The van der Waals surface area contributed by atoms with Crippen LogP contribution in [0.2, 0.25) is 0 Å². The average molecular weight is 419 g/mol. The Bertz CT molecular complexity index is 816. The summed E-state index contributed by atoms with van der Waals surface area (Å²) in [7, 11) is 0. The van der Waals surface area contributed by atoms with Crippen molar-refractivity contribution in [1.29, 1.82) is 0 Å². The number of Topliss-reactive ketones (excluding diaryl/α,β-unsaturated/α-hetero) is 1. The first-order valence-electron chi connectivity index (χ1n) is 8.95. The van der Waals surface area contributed by atoms with Gasteiger partial charge in [-0.05, 0) is 87.4 Å². The molecule has 1 unspecified atom stereocenters. The molecule has 0 heterocycles. The average Bonchev–Trinajstić information content (AvgIpc) is 2.62. The van der Waals surface area contributed by atoms with Gasteiger partial charge in [0.15, 0.2) is 11.4 Å². The van der Waals surface area contributed by atoms with E-state index in [1.807, 2.05) is 62.6 Å². The maximum atomic E-state index is 11.7. The molecule has 0 amide bonds. The van der Waals surface area contributed by atoms with Crippen LogP contribution in [-0.4, -0.2) is 22.7 Å². The molecule has 0 saturated heterocycles. The predicted octanol–water partition coefficient (Wildman–Crippen LogP) is 5.63. The van der Waals surface area contributed by atoms with Crippen LogP contribution in [0.3, 0.4) is 0 Å². The molecule has 1 atom stereocenters. The fraction of sp³-hybridized carbons (Fsp3) is 0.348. The number of carbonyl (C=O) groups is 1. The molecule has 0 aliphatic heterocycles. The summed E-state index contributed by atoms with van der Waals surface area (Å²) in [6.45, 7) is 9.03. The van der Waals surface area contributed by atoms with Crippen molar-refractivity contribution in [1.82, 2.24) is 0 Å². The molecule has 0 bridgehead atoms. The summed E-state index contributed by atoms with van der Waals surface area (Å²) in [6.07, 6.45) is 5.06. The molecular weight excluding hydrogens is 388 g/mol. The third-order valence-corrected chi connectivity index (χ3v) is 5.36. The van der Waals surface area contributed by atoms with Crippen LogP contribution < -0.4 is 4.74 Å². The number of hydrogen-bond donors (Lipinski definition) is 1. The van der Waals surface area contributed by atoms with E-state index in [1.54, 1.807) is 31.7 Å². The van der Waals surface area contributed by atoms with Crippen molar-refractivity contribution in [2.75, 3.05) is 6.26 Å². The highest BCUT2D eigenvalue weighted by atomic mass is 32.2. The van der Waals surface area contributed by atoms with Crippen molar-refractivity contribution in [2.24, 2.45) is 0 Å². The number of ether oxygens (including phenoxy) is 1. The van der Waals surface area contributed by atoms with Gasteiger partial charge in [-0.15, -0.1) is 11.8 Å². The van der Waals surface area contributed by atoms with Crippen molar-refractivity contribution in [2.45, 2.75) is 51.2 Å². The molecule has 28 heavy (non-hydrogen) atoms. The lowest BCUT2D eigenvalue weighted by atomic mass is 10.0. The number of ketones is 1. The summed E-state index contributed by atoms with van der Waals surface area (Å²) in [5.41, 5.74) is 2.91. The van der Waals surface area contributed by atoms with Gasteiger partial charge < -0.3 is 9.84 Å². The minimum Gasteiger partial charge on any atom is -0.480 e. The fourth-order valence-corrected chi connectivity index (χ4v) is 3.09. The van der Waals surface area contributed by atoms with Crippen LogP contribution in [0.5, 0.6) is 5.75 Å². The number of carbonyl (C=O) groups excluding carboxylic acids is 1. The summed E-state index contributed by atoms with van der Waals surface area (Å²) < 4.78 is 5.97. The monoisotopic (exact) mass is 418 g/mol. The van der Waals surface area contributed by atoms with Gasteiger partial charge in [0.2, 0.25) is 0 Å². The topological polar surface area (TPSA) is 46.5 Å². The Kier molecular flexibility index (Phi) is 8.86. The van der Waals surface area contributed by atoms with Crippen LogP contribution in [0, 0.1) is 13.8 Å². The van der Waals surface area contributed by atoms with Crippen molar-refractivity contribution >= 4 is 37.1 Å². The quantitative estimate of drug-likeness (QED) is 0.592. The second kappa shape index (κ2) is 10.2. The fourth-order valence-electron chi connectivity index (χ4n) is 2.68. The molecule has 0 aromatic heterocycles. The standard InChI is InChI=1S/C23H28O3S.H2S/c1-15-13-18(14-16(2)22(15)26-23(4,5)17(3)24)7-12-21(25)19-8-10-20(27-6)11-9-19;/h7-14,21,25H,1-6H3;1H2/b12-7+;. The van der Waals surface area contributed by atoms with E-state index in [2.05, 4.69) is 0 Å². The maximum Gasteiger partial charge on any atom is 0.172 e. The summed E-state index contributed by atoms with van der Waals surface area (Å²) in [5.74, 6) is 0.724. The molecule has 0 spiro atoms. The van der Waals surface area contributed by atoms with Crippen LogP contribution in [0.15, 0.2) is 47.4 Å². The second-order valence-corrected chi connectivity index (χ2v) is 8.11. The second-order valence-electron chi connectivity index (χ2n) is 7.23. The third kappa shape index (κ3) is 6.16. The zero-order valence-corrected chi connectivity index (χ0v) is 19.2. The smallest absolute Gasteiger partial charge is 0.172 e. The number of aryl methyl sites for hydroxylation is 2. The maximum absolute atomic E-state index is 11.7. The lowest BCUT2D eigenvalue weighted by Gasteiger charge is -2.26. The first-order valence-corrected chi connectivity index (χ1v) is 10.2. The Morgan fingerprint density at radius 1 is 1.14 bits per heavy atom. The highest BCUT2D eigenvalue weighted by Crippen LogP contribution is 2.30. The molecule has 1 N–H and O–H groups in total. The molecule has 5 heteroatoms. The van der Waals surface area contributed by atoms with Gasteiger partial charge in [-0.1, -0.05) is 24.3 Å². The van der Waals surface area contributed by atoms with Crippen LogP contribution in [0.4, 0.5) is 0 Å². The number of aliphatic hydroxyl groups is 1. The molecule has 2 aromatic carbocycles. The molecule has 2 aromatic rings. The molecule has 0 radical (unpaired) electrons. The van der Waals surface area contributed by atoms with Gasteiger partial charge in [0, 0.05) is 4.90 Å². The van der Waals surface area contributed by atoms with Gasteiger partial charge in [0.05, 0.1) is 6.10 Å². The van der Waals surface area contributed by atoms with E-state index in [1.165, 1.54) is 11.8 Å². The minimum atomic E-state index is -0.855. The van der Waals surface area contributed by atoms with Gasteiger partial charge >= 0.3 is 0 Å². The van der Waals surface area contributed by atoms with E-state index in [-0.39, 0.29) is 19.3 Å². The van der Waals surface area contributed by atoms with Gasteiger partial charge in [-0.3, -0.25) is 4.79 Å². The molecule has 0 aliphatic rings. The van der Waals surface area contributed by atoms with Gasteiger partial charge in [0.1, 0.15) is 5.75 Å². The minimum absolute atomic E-state index is 0. The molecule has 3 nitrogen and oxygen atoms in total. The van der Waals surface area contributed by atoms with Gasteiger partial charge in [-0.2, -0.15) is 13.5 Å². The van der Waals surface area contributed by atoms with Crippen LogP contribution in [0.25, 0.3) is 6.08 Å². The molecule has 2 rings (SSSR count). The normalized spacial score (nSPS) is 12.5. The highest BCUT2D eigenvalue weighted by molar-refractivity contribution is 7.98. The Morgan fingerprint density at radius 3 is 2.14 bits per heavy atom. The zero-order chi connectivity index (χ0) is 20.2. The number of thioether (sulfide) groups is 1. The molecule has 0 fully saturated rings. The van der Waals surface area contributed by atoms with E-state index in [4.69, 9.17) is 4.74 Å². The number of benzene rings is 2. The molecule has 0 aliphatic carbocycles. The van der Waals surface area contributed by atoms with E-state index in [0.29, 0.717) is 0 Å². The summed E-state index contributed by atoms with van der Waals surface area (Å²) >= 11 is 1.68. The van der Waals surface area contributed by atoms with E-state index < -0.39 is 11.7 Å². The Hall–Kier alpha value is -1.69. The Morgan fingerprint density at radius 2 is 1.68 bits per heavy atom. The van der Waals surface area contributed by atoms with E-state index in [9.17, 15) is 9.90 Å². The van der Waals surface area contributed by atoms with E-state index in [0.717, 1.165) is 28.0 Å². The van der Waals surface area contributed by atoms with Crippen molar-refractivity contribution in [3.8, 4) is 5.75 Å². The largest absolute Gasteiger partial charge is 0.480 e. The third-order valence-electron chi connectivity index (χ3n) is 4.62. The first kappa shape index (κ1) is 24.3. The molecule has 152 valence electrons. The van der Waals surface area contributed by atoms with Crippen LogP contribution >= 0.6 is 25.3 Å². The van der Waals surface area contributed by atoms with Crippen LogP contribution in [-0.2, 0) is 4.79 Å². The van der Waals surface area contributed by atoms with E-state index >= 15 is 0 Å². The summed E-state index contributed by atoms with van der Waals surface area (Å²) in [4.78, 5) is 12.9. The van der Waals surface area contributed by atoms with Crippen molar-refractivity contribution < 1.29 is 14.6 Å². The lowest BCUT2D eigenvalue weighted by molar-refractivity contribution is -0.129. The Labute approximate surface area is 179 Å². The SMILES string of the molecule is CSc1ccc(C(O)/C=C/c2cc(C)c(OC(C)(C)C(C)=O)c(C)c2)cc1.S. The van der Waals surface area contributed by atoms with Crippen molar-refractivity contribution in [3.63, 3.8) is 0 Å². The van der Waals surface area contributed by atoms with Gasteiger partial charge in [-0.25, -0.2) is 0 Å².